The lowest BCUT2D eigenvalue weighted by Gasteiger charge is -2.49. The maximum atomic E-state index is 4.02. The van der Waals surface area contributed by atoms with Crippen molar-refractivity contribution in [1.82, 2.24) is 10.2 Å². The molecule has 3 heteroatoms. The van der Waals surface area contributed by atoms with Crippen molar-refractivity contribution in [2.45, 2.75) is 88.0 Å². The summed E-state index contributed by atoms with van der Waals surface area (Å²) in [6, 6.07) is 0.757. The number of hydrogen-bond donors (Lipinski definition) is 1. The average molecular weight is 311 g/mol. The van der Waals surface area contributed by atoms with Crippen LogP contribution in [0.4, 0.5) is 0 Å². The Bertz CT molecular complexity index is 308. The van der Waals surface area contributed by atoms with Gasteiger partial charge in [0.2, 0.25) is 0 Å². The predicted octanol–water partition coefficient (Wildman–Crippen LogP) is 4.05. The van der Waals surface area contributed by atoms with E-state index in [2.05, 4.69) is 28.9 Å². The summed E-state index contributed by atoms with van der Waals surface area (Å²) in [7, 11) is 0. The third kappa shape index (κ3) is 3.97. The molecule has 0 aromatic heterocycles. The molecule has 0 radical (unpaired) electrons. The molecule has 1 aliphatic carbocycles. The number of rotatable bonds is 4. The molecular formula is C18H34N2S. The summed E-state index contributed by atoms with van der Waals surface area (Å²) in [5.41, 5.74) is 0.500. The minimum Gasteiger partial charge on any atom is -0.311 e. The van der Waals surface area contributed by atoms with Crippen LogP contribution in [0.15, 0.2) is 0 Å². The lowest BCUT2D eigenvalue weighted by Crippen LogP contribution is -2.59. The minimum absolute atomic E-state index is 0.500. The molecule has 3 fully saturated rings. The molecule has 0 aromatic carbocycles. The van der Waals surface area contributed by atoms with Gasteiger partial charge in [-0.1, -0.05) is 32.6 Å². The smallest absolute Gasteiger partial charge is 0.0334 e. The molecule has 2 aliphatic heterocycles. The first-order valence-corrected chi connectivity index (χ1v) is 10.5. The van der Waals surface area contributed by atoms with E-state index in [1.165, 1.54) is 89.6 Å². The normalized spacial score (nSPS) is 34.7. The lowest BCUT2D eigenvalue weighted by atomic mass is 9.79. The second-order valence-corrected chi connectivity index (χ2v) is 9.02. The molecule has 2 nitrogen and oxygen atoms in total. The summed E-state index contributed by atoms with van der Waals surface area (Å²) in [4.78, 5) is 2.88. The first-order chi connectivity index (χ1) is 10.3. The highest BCUT2D eigenvalue weighted by molar-refractivity contribution is 7.99. The molecule has 21 heavy (non-hydrogen) atoms. The zero-order chi connectivity index (χ0) is 14.5. The molecule has 2 heterocycles. The molecule has 0 aromatic rings. The Kier molecular flexibility index (Phi) is 5.92. The van der Waals surface area contributed by atoms with Crippen molar-refractivity contribution in [2.24, 2.45) is 0 Å². The third-order valence-corrected chi connectivity index (χ3v) is 7.49. The molecule has 1 N–H and O–H groups in total. The van der Waals surface area contributed by atoms with Crippen LogP contribution in [0.25, 0.3) is 0 Å². The van der Waals surface area contributed by atoms with Gasteiger partial charge in [0, 0.05) is 23.4 Å². The molecule has 3 rings (SSSR count). The second-order valence-electron chi connectivity index (χ2n) is 7.54. The Labute approximate surface area is 135 Å². The van der Waals surface area contributed by atoms with Crippen LogP contribution in [0.3, 0.4) is 0 Å². The van der Waals surface area contributed by atoms with Gasteiger partial charge in [-0.25, -0.2) is 0 Å². The summed E-state index contributed by atoms with van der Waals surface area (Å²) in [5, 5.41) is 4.82. The molecule has 2 atom stereocenters. The summed E-state index contributed by atoms with van der Waals surface area (Å²) >= 11 is 2.17. The van der Waals surface area contributed by atoms with Crippen molar-refractivity contribution in [3.63, 3.8) is 0 Å². The number of piperidine rings is 1. The van der Waals surface area contributed by atoms with E-state index < -0.39 is 0 Å². The third-order valence-electron chi connectivity index (χ3n) is 6.11. The van der Waals surface area contributed by atoms with Gasteiger partial charge in [-0.05, 0) is 57.4 Å². The Balaban J connectivity index is 1.61. The van der Waals surface area contributed by atoms with Crippen LogP contribution >= 0.6 is 11.8 Å². The SMILES string of the molecule is CC1SCCCC1NCC1(N2CCCCC2)CCCCC1. The molecule has 2 saturated heterocycles. The van der Waals surface area contributed by atoms with E-state index in [-0.39, 0.29) is 0 Å². The van der Waals surface area contributed by atoms with Crippen molar-refractivity contribution in [1.29, 1.82) is 0 Å². The Morgan fingerprint density at radius 1 is 1.00 bits per heavy atom. The van der Waals surface area contributed by atoms with Gasteiger partial charge in [0.05, 0.1) is 0 Å². The molecule has 0 amide bonds. The van der Waals surface area contributed by atoms with Crippen LogP contribution in [-0.4, -0.2) is 47.1 Å². The van der Waals surface area contributed by atoms with Crippen molar-refractivity contribution < 1.29 is 0 Å². The zero-order valence-electron chi connectivity index (χ0n) is 13.9. The van der Waals surface area contributed by atoms with Gasteiger partial charge in [0.25, 0.3) is 0 Å². The number of nitrogens with zero attached hydrogens (tertiary/aromatic N) is 1. The van der Waals surface area contributed by atoms with Gasteiger partial charge >= 0.3 is 0 Å². The molecule has 1 saturated carbocycles. The zero-order valence-corrected chi connectivity index (χ0v) is 14.7. The van der Waals surface area contributed by atoms with Crippen molar-refractivity contribution in [2.75, 3.05) is 25.4 Å². The summed E-state index contributed by atoms with van der Waals surface area (Å²) in [6.45, 7) is 6.39. The highest BCUT2D eigenvalue weighted by Crippen LogP contribution is 2.36. The van der Waals surface area contributed by atoms with Crippen molar-refractivity contribution >= 4 is 11.8 Å². The quantitative estimate of drug-likeness (QED) is 0.843. The standard InChI is InChI=1S/C18H34N2S/c1-16-17(9-8-14-21-16)19-15-18(10-4-2-5-11-18)20-12-6-3-7-13-20/h16-17,19H,2-15H2,1H3. The molecule has 2 unspecified atom stereocenters. The van der Waals surface area contributed by atoms with Crippen molar-refractivity contribution in [3.05, 3.63) is 0 Å². The lowest BCUT2D eigenvalue weighted by molar-refractivity contribution is 0.0311. The highest BCUT2D eigenvalue weighted by atomic mass is 32.2. The van der Waals surface area contributed by atoms with E-state index in [1.807, 2.05) is 0 Å². The average Bonchev–Trinajstić information content (AvgIpc) is 2.56. The fourth-order valence-electron chi connectivity index (χ4n) is 4.70. The van der Waals surface area contributed by atoms with E-state index in [4.69, 9.17) is 0 Å². The molecule has 0 bridgehead atoms. The predicted molar refractivity (Wildman–Crippen MR) is 94.2 cm³/mol. The second kappa shape index (κ2) is 7.70. The van der Waals surface area contributed by atoms with E-state index >= 15 is 0 Å². The van der Waals surface area contributed by atoms with Gasteiger partial charge in [0.1, 0.15) is 0 Å². The molecule has 3 aliphatic rings. The monoisotopic (exact) mass is 310 g/mol. The van der Waals surface area contributed by atoms with Gasteiger partial charge in [-0.3, -0.25) is 4.90 Å². The number of nitrogens with one attached hydrogen (secondary N) is 1. The van der Waals surface area contributed by atoms with Crippen LogP contribution in [0.1, 0.15) is 71.1 Å². The summed E-state index contributed by atoms with van der Waals surface area (Å²) in [5.74, 6) is 1.37. The van der Waals surface area contributed by atoms with Crippen LogP contribution in [0.2, 0.25) is 0 Å². The highest BCUT2D eigenvalue weighted by Gasteiger charge is 2.39. The maximum absolute atomic E-state index is 4.02. The van der Waals surface area contributed by atoms with E-state index in [1.54, 1.807) is 0 Å². The first kappa shape index (κ1) is 16.1. The molecule has 0 spiro atoms. The summed E-state index contributed by atoms with van der Waals surface area (Å²) in [6.07, 6.45) is 14.4. The topological polar surface area (TPSA) is 15.3 Å². The fraction of sp³-hybridized carbons (Fsp3) is 1.00. The van der Waals surface area contributed by atoms with Crippen LogP contribution in [-0.2, 0) is 0 Å². The number of hydrogen-bond acceptors (Lipinski definition) is 3. The fourth-order valence-corrected chi connectivity index (χ4v) is 5.87. The van der Waals surface area contributed by atoms with Gasteiger partial charge < -0.3 is 5.32 Å². The van der Waals surface area contributed by atoms with Gasteiger partial charge in [-0.15, -0.1) is 0 Å². The maximum Gasteiger partial charge on any atom is 0.0334 e. The van der Waals surface area contributed by atoms with Gasteiger partial charge in [0.15, 0.2) is 0 Å². The van der Waals surface area contributed by atoms with Crippen LogP contribution in [0.5, 0.6) is 0 Å². The van der Waals surface area contributed by atoms with E-state index in [0.717, 1.165) is 11.3 Å². The van der Waals surface area contributed by atoms with Crippen LogP contribution in [0, 0.1) is 0 Å². The number of thioether (sulfide) groups is 1. The van der Waals surface area contributed by atoms with Gasteiger partial charge in [-0.2, -0.15) is 11.8 Å². The molecular weight excluding hydrogens is 276 g/mol. The summed E-state index contributed by atoms with van der Waals surface area (Å²) < 4.78 is 0. The largest absolute Gasteiger partial charge is 0.311 e. The van der Waals surface area contributed by atoms with Crippen molar-refractivity contribution in [3.8, 4) is 0 Å². The Hall–Kier alpha value is 0.270. The van der Waals surface area contributed by atoms with E-state index in [0.29, 0.717) is 5.54 Å². The Morgan fingerprint density at radius 3 is 2.43 bits per heavy atom. The van der Waals surface area contributed by atoms with Crippen LogP contribution < -0.4 is 5.32 Å². The Morgan fingerprint density at radius 2 is 1.71 bits per heavy atom. The number of likely N-dealkylation sites (tertiary alicyclic amines) is 1. The minimum atomic E-state index is 0.500. The molecule has 122 valence electrons. The first-order valence-electron chi connectivity index (χ1n) is 9.40. The van der Waals surface area contributed by atoms with E-state index in [9.17, 15) is 0 Å².